The molecule has 2 aromatic rings. The van der Waals surface area contributed by atoms with Crippen molar-refractivity contribution < 1.29 is 4.79 Å². The third-order valence-electron chi connectivity index (χ3n) is 2.51. The van der Waals surface area contributed by atoms with Crippen molar-refractivity contribution in [3.8, 4) is 0 Å². The molecule has 0 unspecified atom stereocenters. The monoisotopic (exact) mass is 306 g/mol. The summed E-state index contributed by atoms with van der Waals surface area (Å²) < 4.78 is 1.70. The summed E-state index contributed by atoms with van der Waals surface area (Å²) in [6, 6.07) is 5.48. The Morgan fingerprint density at radius 2 is 2.33 bits per heavy atom. The fraction of sp³-hybridized carbons (Fsp3) is 0.385. The van der Waals surface area contributed by atoms with Crippen molar-refractivity contribution >= 4 is 23.6 Å². The number of carbonyl (C=O) groups is 1. The molecule has 8 heteroatoms. The van der Waals surface area contributed by atoms with E-state index in [0.29, 0.717) is 12.4 Å². The van der Waals surface area contributed by atoms with E-state index in [1.807, 2.05) is 18.2 Å². The average molecular weight is 306 g/mol. The Labute approximate surface area is 127 Å². The summed E-state index contributed by atoms with van der Waals surface area (Å²) in [6.45, 7) is 3.40. The number of rotatable bonds is 7. The SMILES string of the molecule is CCCn1cc(NC(=O)NCCSc2ccccn2)nn1. The zero-order valence-electron chi connectivity index (χ0n) is 11.8. The summed E-state index contributed by atoms with van der Waals surface area (Å²) in [4.78, 5) is 15.9. The van der Waals surface area contributed by atoms with Gasteiger partial charge in [0.25, 0.3) is 0 Å². The zero-order chi connectivity index (χ0) is 14.9. The van der Waals surface area contributed by atoms with E-state index in [4.69, 9.17) is 0 Å². The number of thioether (sulfide) groups is 1. The molecule has 0 aliphatic carbocycles. The maximum atomic E-state index is 11.7. The molecule has 0 fully saturated rings. The molecule has 2 N–H and O–H groups in total. The molecule has 2 aromatic heterocycles. The molecular formula is C13H18N6OS. The smallest absolute Gasteiger partial charge is 0.320 e. The lowest BCUT2D eigenvalue weighted by atomic mass is 10.5. The van der Waals surface area contributed by atoms with E-state index in [-0.39, 0.29) is 6.03 Å². The molecule has 0 aliphatic rings. The molecular weight excluding hydrogens is 288 g/mol. The number of nitrogens with zero attached hydrogens (tertiary/aromatic N) is 4. The van der Waals surface area contributed by atoms with Crippen molar-refractivity contribution in [2.45, 2.75) is 24.9 Å². The Balaban J connectivity index is 1.65. The largest absolute Gasteiger partial charge is 0.337 e. The van der Waals surface area contributed by atoms with Crippen molar-refractivity contribution in [2.24, 2.45) is 0 Å². The number of nitrogens with one attached hydrogen (secondary N) is 2. The minimum absolute atomic E-state index is 0.278. The molecule has 7 nitrogen and oxygen atoms in total. The number of urea groups is 1. The van der Waals surface area contributed by atoms with Crippen LogP contribution in [0.3, 0.4) is 0 Å². The minimum Gasteiger partial charge on any atom is -0.337 e. The number of hydrogen-bond acceptors (Lipinski definition) is 5. The van der Waals surface area contributed by atoms with Gasteiger partial charge in [0.2, 0.25) is 0 Å². The molecule has 2 heterocycles. The first kappa shape index (κ1) is 15.3. The lowest BCUT2D eigenvalue weighted by Crippen LogP contribution is -2.30. The Kier molecular flexibility index (Phi) is 6.01. The van der Waals surface area contributed by atoms with Crippen molar-refractivity contribution in [1.29, 1.82) is 0 Å². The van der Waals surface area contributed by atoms with Crippen LogP contribution >= 0.6 is 11.8 Å². The second-order valence-corrected chi connectivity index (χ2v) is 5.38. The van der Waals surface area contributed by atoms with Crippen LogP contribution in [0.5, 0.6) is 0 Å². The normalized spacial score (nSPS) is 10.3. The highest BCUT2D eigenvalue weighted by molar-refractivity contribution is 7.99. The van der Waals surface area contributed by atoms with Gasteiger partial charge in [0.1, 0.15) is 0 Å². The van der Waals surface area contributed by atoms with Crippen LogP contribution in [0.4, 0.5) is 10.6 Å². The second-order valence-electron chi connectivity index (χ2n) is 4.26. The van der Waals surface area contributed by atoms with Crippen LogP contribution < -0.4 is 10.6 Å². The standard InChI is InChI=1S/C13H18N6OS/c1-2-8-19-10-11(17-18-19)16-13(20)15-7-9-21-12-5-3-4-6-14-12/h3-6,10H,2,7-9H2,1H3,(H2,15,16,20). The molecule has 0 bridgehead atoms. The van der Waals surface area contributed by atoms with Gasteiger partial charge in [-0.25, -0.2) is 9.78 Å². The van der Waals surface area contributed by atoms with Gasteiger partial charge in [-0.1, -0.05) is 18.2 Å². The van der Waals surface area contributed by atoms with E-state index in [9.17, 15) is 4.79 Å². The van der Waals surface area contributed by atoms with Crippen LogP contribution in [-0.2, 0) is 6.54 Å². The van der Waals surface area contributed by atoms with Gasteiger partial charge in [-0.2, -0.15) is 0 Å². The molecule has 0 aromatic carbocycles. The number of hydrogen-bond donors (Lipinski definition) is 2. The topological polar surface area (TPSA) is 84.7 Å². The van der Waals surface area contributed by atoms with E-state index < -0.39 is 0 Å². The molecule has 0 saturated carbocycles. The number of carbonyl (C=O) groups excluding carboxylic acids is 1. The van der Waals surface area contributed by atoms with Crippen LogP contribution in [-0.4, -0.2) is 38.3 Å². The molecule has 0 saturated heterocycles. The summed E-state index contributed by atoms with van der Waals surface area (Å²) in [5.41, 5.74) is 0. The fourth-order valence-electron chi connectivity index (χ4n) is 1.61. The van der Waals surface area contributed by atoms with Crippen LogP contribution in [0.2, 0.25) is 0 Å². The van der Waals surface area contributed by atoms with Crippen LogP contribution in [0.1, 0.15) is 13.3 Å². The molecule has 2 amide bonds. The van der Waals surface area contributed by atoms with E-state index in [1.165, 1.54) is 0 Å². The molecule has 21 heavy (non-hydrogen) atoms. The average Bonchev–Trinajstić information content (AvgIpc) is 2.92. The van der Waals surface area contributed by atoms with Crippen molar-refractivity contribution in [1.82, 2.24) is 25.3 Å². The number of anilines is 1. The predicted octanol–water partition coefficient (Wildman–Crippen LogP) is 2.00. The first-order valence-electron chi connectivity index (χ1n) is 6.76. The van der Waals surface area contributed by atoms with E-state index >= 15 is 0 Å². The summed E-state index contributed by atoms with van der Waals surface area (Å²) in [6.07, 6.45) is 4.44. The summed E-state index contributed by atoms with van der Waals surface area (Å²) in [7, 11) is 0. The van der Waals surface area contributed by atoms with Crippen LogP contribution in [0.25, 0.3) is 0 Å². The number of aromatic nitrogens is 4. The third kappa shape index (κ3) is 5.42. The van der Waals surface area contributed by atoms with Crippen molar-refractivity contribution in [3.05, 3.63) is 30.6 Å². The van der Waals surface area contributed by atoms with E-state index in [2.05, 4.69) is 32.9 Å². The van der Waals surface area contributed by atoms with E-state index in [1.54, 1.807) is 28.8 Å². The Bertz CT molecular complexity index is 559. The highest BCUT2D eigenvalue weighted by atomic mass is 32.2. The first-order chi connectivity index (χ1) is 10.3. The van der Waals surface area contributed by atoms with E-state index in [0.717, 1.165) is 23.7 Å². The van der Waals surface area contributed by atoms with Gasteiger partial charge in [0.15, 0.2) is 5.82 Å². The predicted molar refractivity (Wildman–Crippen MR) is 82.3 cm³/mol. The van der Waals surface area contributed by atoms with Gasteiger partial charge in [-0.3, -0.25) is 10.00 Å². The molecule has 112 valence electrons. The molecule has 0 radical (unpaired) electrons. The first-order valence-corrected chi connectivity index (χ1v) is 7.75. The van der Waals surface area contributed by atoms with Crippen LogP contribution in [0.15, 0.2) is 35.6 Å². The molecule has 0 atom stereocenters. The Morgan fingerprint density at radius 3 is 3.10 bits per heavy atom. The highest BCUT2D eigenvalue weighted by Gasteiger charge is 2.05. The maximum Gasteiger partial charge on any atom is 0.320 e. The Hall–Kier alpha value is -2.09. The Morgan fingerprint density at radius 1 is 1.43 bits per heavy atom. The minimum atomic E-state index is -0.278. The van der Waals surface area contributed by atoms with Crippen molar-refractivity contribution in [3.63, 3.8) is 0 Å². The highest BCUT2D eigenvalue weighted by Crippen LogP contribution is 2.12. The summed E-state index contributed by atoms with van der Waals surface area (Å²) in [5.74, 6) is 1.21. The lowest BCUT2D eigenvalue weighted by molar-refractivity contribution is 0.252. The van der Waals surface area contributed by atoms with Gasteiger partial charge in [-0.15, -0.1) is 16.9 Å². The van der Waals surface area contributed by atoms with Gasteiger partial charge in [-0.05, 0) is 18.6 Å². The quantitative estimate of drug-likeness (QED) is 0.603. The van der Waals surface area contributed by atoms with Gasteiger partial charge >= 0.3 is 6.03 Å². The second kappa shape index (κ2) is 8.25. The van der Waals surface area contributed by atoms with Crippen LogP contribution in [0, 0.1) is 0 Å². The molecule has 0 aliphatic heterocycles. The summed E-state index contributed by atoms with van der Waals surface area (Å²) >= 11 is 1.59. The zero-order valence-corrected chi connectivity index (χ0v) is 12.6. The third-order valence-corrected chi connectivity index (χ3v) is 3.45. The number of aryl methyl sites for hydroxylation is 1. The van der Waals surface area contributed by atoms with Gasteiger partial charge < -0.3 is 5.32 Å². The number of pyridine rings is 1. The molecule has 2 rings (SSSR count). The van der Waals surface area contributed by atoms with Gasteiger partial charge in [0, 0.05) is 25.0 Å². The van der Waals surface area contributed by atoms with Crippen molar-refractivity contribution in [2.75, 3.05) is 17.6 Å². The lowest BCUT2D eigenvalue weighted by Gasteiger charge is -2.04. The number of amides is 2. The van der Waals surface area contributed by atoms with Gasteiger partial charge in [0.05, 0.1) is 11.2 Å². The fourth-order valence-corrected chi connectivity index (χ4v) is 2.33. The molecule has 0 spiro atoms. The maximum absolute atomic E-state index is 11.7. The summed E-state index contributed by atoms with van der Waals surface area (Å²) in [5, 5.41) is 14.1.